The van der Waals surface area contributed by atoms with Crippen LogP contribution in [0.25, 0.3) is 0 Å². The molecule has 2 fully saturated rings. The first-order chi connectivity index (χ1) is 12.9. The van der Waals surface area contributed by atoms with E-state index in [0.717, 1.165) is 17.2 Å². The highest BCUT2D eigenvalue weighted by Gasteiger charge is 2.60. The number of carbonyl (C=O) groups is 1. The molecule has 1 aromatic heterocycles. The Hall–Kier alpha value is -2.60. The first-order valence-electron chi connectivity index (χ1n) is 8.63. The lowest BCUT2D eigenvalue weighted by Crippen LogP contribution is -2.58. The van der Waals surface area contributed by atoms with E-state index in [1.807, 2.05) is 11.0 Å². The van der Waals surface area contributed by atoms with Crippen LogP contribution >= 0.6 is 11.5 Å². The molecule has 1 atom stereocenters. The number of carbonyl (C=O) groups excluding carboxylic acids is 1. The van der Waals surface area contributed by atoms with E-state index in [1.54, 1.807) is 18.2 Å². The normalized spacial score (nSPS) is 24.2. The minimum absolute atomic E-state index is 0.00896. The summed E-state index contributed by atoms with van der Waals surface area (Å²) in [6.45, 7) is 0.610. The highest BCUT2D eigenvalue weighted by Crippen LogP contribution is 2.50. The van der Waals surface area contributed by atoms with Crippen LogP contribution in [0.5, 0.6) is 0 Å². The molecule has 27 heavy (non-hydrogen) atoms. The van der Waals surface area contributed by atoms with Crippen molar-refractivity contribution in [3.05, 3.63) is 40.9 Å². The third-order valence-electron chi connectivity index (χ3n) is 5.53. The molecule has 4 rings (SSSR count). The van der Waals surface area contributed by atoms with Gasteiger partial charge < -0.3 is 9.80 Å². The van der Waals surface area contributed by atoms with Crippen molar-refractivity contribution < 1.29 is 13.6 Å². The number of alkyl halides is 2. The first kappa shape index (κ1) is 17.8. The predicted octanol–water partition coefficient (Wildman–Crippen LogP) is 2.79. The average Bonchev–Trinajstić information content (AvgIpc) is 3.35. The standard InChI is InChI=1S/C18H17F2N5OS/c19-18(20)5-7-25(16(26)15-10-27-23-22-15)12-17(18)4-6-24(11-17)14-3-1-2-13(8-14)9-21/h1-3,8,10H,4-7,11-12H2. The number of benzene rings is 1. The quantitative estimate of drug-likeness (QED) is 0.790. The predicted molar refractivity (Wildman–Crippen MR) is 95.8 cm³/mol. The van der Waals surface area contributed by atoms with E-state index in [9.17, 15) is 13.6 Å². The number of anilines is 1. The lowest BCUT2D eigenvalue weighted by Gasteiger charge is -2.45. The Bertz CT molecular complexity index is 897. The van der Waals surface area contributed by atoms with Gasteiger partial charge in [-0.2, -0.15) is 5.26 Å². The van der Waals surface area contributed by atoms with Gasteiger partial charge in [-0.25, -0.2) is 8.78 Å². The highest BCUT2D eigenvalue weighted by molar-refractivity contribution is 7.03. The number of nitrogens with zero attached hydrogens (tertiary/aromatic N) is 5. The molecule has 0 N–H and O–H groups in total. The Kier molecular flexibility index (Phi) is 4.30. The minimum atomic E-state index is -2.86. The fourth-order valence-electron chi connectivity index (χ4n) is 3.99. The third-order valence-corrected chi connectivity index (χ3v) is 6.03. The van der Waals surface area contributed by atoms with E-state index >= 15 is 0 Å². The smallest absolute Gasteiger partial charge is 0.275 e. The Labute approximate surface area is 159 Å². The SMILES string of the molecule is N#Cc1cccc(N2CCC3(CN(C(=O)c4csnn4)CCC3(F)F)C2)c1. The second-order valence-corrected chi connectivity index (χ2v) is 7.70. The maximum atomic E-state index is 14.9. The van der Waals surface area contributed by atoms with Crippen LogP contribution in [0.4, 0.5) is 14.5 Å². The molecule has 2 aliphatic rings. The molecular formula is C18H17F2N5OS. The molecule has 140 valence electrons. The molecule has 2 saturated heterocycles. The lowest BCUT2D eigenvalue weighted by molar-refractivity contribution is -0.150. The zero-order chi connectivity index (χ0) is 19.1. The maximum Gasteiger partial charge on any atom is 0.275 e. The Morgan fingerprint density at radius 3 is 2.85 bits per heavy atom. The number of aromatic nitrogens is 2. The van der Waals surface area contributed by atoms with Crippen LogP contribution in [-0.4, -0.2) is 52.5 Å². The van der Waals surface area contributed by atoms with E-state index in [-0.39, 0.29) is 44.1 Å². The number of rotatable bonds is 2. The van der Waals surface area contributed by atoms with Gasteiger partial charge in [-0.3, -0.25) is 4.79 Å². The molecular weight excluding hydrogens is 372 g/mol. The van der Waals surface area contributed by atoms with Gasteiger partial charge in [-0.1, -0.05) is 10.6 Å². The second kappa shape index (κ2) is 6.53. The summed E-state index contributed by atoms with van der Waals surface area (Å²) >= 11 is 1.07. The molecule has 1 spiro atoms. The lowest BCUT2D eigenvalue weighted by atomic mass is 9.75. The van der Waals surface area contributed by atoms with E-state index in [4.69, 9.17) is 5.26 Å². The van der Waals surface area contributed by atoms with Crippen molar-refractivity contribution >= 4 is 23.1 Å². The van der Waals surface area contributed by atoms with Crippen LogP contribution < -0.4 is 4.90 Å². The number of halogens is 2. The fraction of sp³-hybridized carbons (Fsp3) is 0.444. The Morgan fingerprint density at radius 2 is 2.11 bits per heavy atom. The van der Waals surface area contributed by atoms with Gasteiger partial charge in [-0.05, 0) is 36.2 Å². The van der Waals surface area contributed by atoms with Gasteiger partial charge in [0.05, 0.1) is 17.0 Å². The van der Waals surface area contributed by atoms with Crippen molar-refractivity contribution in [1.82, 2.24) is 14.5 Å². The van der Waals surface area contributed by atoms with Crippen LogP contribution in [0, 0.1) is 16.7 Å². The Morgan fingerprint density at radius 1 is 1.26 bits per heavy atom. The highest BCUT2D eigenvalue weighted by atomic mass is 32.1. The zero-order valence-corrected chi connectivity index (χ0v) is 15.3. The number of piperidine rings is 1. The molecule has 2 aliphatic heterocycles. The number of hydrogen-bond acceptors (Lipinski definition) is 6. The summed E-state index contributed by atoms with van der Waals surface area (Å²) in [6.07, 6.45) is -0.0712. The molecule has 3 heterocycles. The number of nitriles is 1. The molecule has 6 nitrogen and oxygen atoms in total. The Balaban J connectivity index is 1.58. The van der Waals surface area contributed by atoms with Gasteiger partial charge in [0.2, 0.25) is 0 Å². The van der Waals surface area contributed by atoms with E-state index in [0.29, 0.717) is 12.1 Å². The summed E-state index contributed by atoms with van der Waals surface area (Å²) in [6, 6.07) is 9.05. The maximum absolute atomic E-state index is 14.9. The molecule has 0 bridgehead atoms. The van der Waals surface area contributed by atoms with E-state index < -0.39 is 11.3 Å². The van der Waals surface area contributed by atoms with Crippen LogP contribution in [0.1, 0.15) is 28.9 Å². The minimum Gasteiger partial charge on any atom is -0.371 e. The summed E-state index contributed by atoms with van der Waals surface area (Å²) in [5, 5.41) is 14.4. The van der Waals surface area contributed by atoms with Crippen LogP contribution in [0.2, 0.25) is 0 Å². The van der Waals surface area contributed by atoms with Crippen LogP contribution in [0.3, 0.4) is 0 Å². The summed E-state index contributed by atoms with van der Waals surface area (Å²) in [5.74, 6) is -3.20. The molecule has 2 aromatic rings. The van der Waals surface area contributed by atoms with Crippen molar-refractivity contribution in [3.8, 4) is 6.07 Å². The summed E-state index contributed by atoms with van der Waals surface area (Å²) in [5.41, 5.74) is 0.162. The van der Waals surface area contributed by atoms with Gasteiger partial charge in [-0.15, -0.1) is 5.10 Å². The van der Waals surface area contributed by atoms with Crippen LogP contribution in [-0.2, 0) is 0 Å². The summed E-state index contributed by atoms with van der Waals surface area (Å²) in [7, 11) is 0. The van der Waals surface area contributed by atoms with Gasteiger partial charge in [0.25, 0.3) is 11.8 Å². The van der Waals surface area contributed by atoms with Gasteiger partial charge in [0.15, 0.2) is 5.69 Å². The topological polar surface area (TPSA) is 73.1 Å². The summed E-state index contributed by atoms with van der Waals surface area (Å²) in [4.78, 5) is 15.9. The average molecular weight is 389 g/mol. The second-order valence-electron chi connectivity index (χ2n) is 7.09. The molecule has 1 unspecified atom stereocenters. The summed E-state index contributed by atoms with van der Waals surface area (Å²) < 4.78 is 33.6. The van der Waals surface area contributed by atoms with E-state index in [2.05, 4.69) is 15.7 Å². The van der Waals surface area contributed by atoms with Crippen LogP contribution in [0.15, 0.2) is 29.6 Å². The largest absolute Gasteiger partial charge is 0.371 e. The van der Waals surface area contributed by atoms with Gasteiger partial charge in [0, 0.05) is 43.7 Å². The van der Waals surface area contributed by atoms with Gasteiger partial charge in [0.1, 0.15) is 0 Å². The molecule has 1 amide bonds. The first-order valence-corrected chi connectivity index (χ1v) is 9.47. The number of amides is 1. The molecule has 0 radical (unpaired) electrons. The van der Waals surface area contributed by atoms with E-state index in [1.165, 1.54) is 10.3 Å². The number of hydrogen-bond donors (Lipinski definition) is 0. The van der Waals surface area contributed by atoms with Crippen molar-refractivity contribution in [2.24, 2.45) is 5.41 Å². The third kappa shape index (κ3) is 3.04. The van der Waals surface area contributed by atoms with Crippen molar-refractivity contribution in [2.75, 3.05) is 31.1 Å². The molecule has 0 saturated carbocycles. The molecule has 9 heteroatoms. The molecule has 0 aliphatic carbocycles. The van der Waals surface area contributed by atoms with Crippen molar-refractivity contribution in [3.63, 3.8) is 0 Å². The number of likely N-dealkylation sites (tertiary alicyclic amines) is 1. The monoisotopic (exact) mass is 389 g/mol. The molecule has 1 aromatic carbocycles. The fourth-order valence-corrected chi connectivity index (χ4v) is 4.42. The van der Waals surface area contributed by atoms with Crippen molar-refractivity contribution in [1.29, 1.82) is 5.26 Å². The van der Waals surface area contributed by atoms with Crippen molar-refractivity contribution in [2.45, 2.75) is 18.8 Å². The zero-order valence-electron chi connectivity index (χ0n) is 14.4. The van der Waals surface area contributed by atoms with Gasteiger partial charge >= 0.3 is 0 Å².